The van der Waals surface area contributed by atoms with Crippen molar-refractivity contribution in [2.45, 2.75) is 12.8 Å². The second kappa shape index (κ2) is 7.88. The first kappa shape index (κ1) is 17.7. The molecule has 0 bridgehead atoms. The SMILES string of the molecule is O=C(CCc1nc2ccccc2[nH]1)Nc1cccc(C(=O)c2ccccc2)c1. The number of anilines is 1. The number of carbonyl (C=O) groups is 2. The van der Waals surface area contributed by atoms with E-state index in [1.54, 1.807) is 36.4 Å². The minimum absolute atomic E-state index is 0.0704. The van der Waals surface area contributed by atoms with Crippen LogP contribution in [-0.2, 0) is 11.2 Å². The number of aromatic nitrogens is 2. The van der Waals surface area contributed by atoms with Crippen LogP contribution in [-0.4, -0.2) is 21.7 Å². The molecule has 0 radical (unpaired) electrons. The van der Waals surface area contributed by atoms with Crippen molar-refractivity contribution >= 4 is 28.4 Å². The Morgan fingerprint density at radius 2 is 1.61 bits per heavy atom. The molecule has 0 saturated heterocycles. The van der Waals surface area contributed by atoms with Crippen LogP contribution in [0.1, 0.15) is 28.2 Å². The van der Waals surface area contributed by atoms with E-state index in [0.717, 1.165) is 16.9 Å². The van der Waals surface area contributed by atoms with E-state index >= 15 is 0 Å². The predicted molar refractivity (Wildman–Crippen MR) is 109 cm³/mol. The Morgan fingerprint density at radius 1 is 0.857 bits per heavy atom. The van der Waals surface area contributed by atoms with Gasteiger partial charge in [0.25, 0.3) is 0 Å². The predicted octanol–water partition coefficient (Wildman–Crippen LogP) is 4.37. The number of nitrogens with zero attached hydrogens (tertiary/aromatic N) is 1. The molecule has 5 nitrogen and oxygen atoms in total. The molecule has 0 unspecified atom stereocenters. The van der Waals surface area contributed by atoms with Gasteiger partial charge >= 0.3 is 0 Å². The van der Waals surface area contributed by atoms with Crippen LogP contribution < -0.4 is 5.32 Å². The lowest BCUT2D eigenvalue weighted by atomic mass is 10.0. The van der Waals surface area contributed by atoms with Crippen LogP contribution in [0.25, 0.3) is 11.0 Å². The number of benzene rings is 3. The van der Waals surface area contributed by atoms with Gasteiger partial charge in [0.2, 0.25) is 5.91 Å². The van der Waals surface area contributed by atoms with E-state index in [-0.39, 0.29) is 11.7 Å². The number of ketones is 1. The van der Waals surface area contributed by atoms with Gasteiger partial charge in [-0.25, -0.2) is 4.98 Å². The van der Waals surface area contributed by atoms with Crippen LogP contribution in [0.2, 0.25) is 0 Å². The Morgan fingerprint density at radius 3 is 2.43 bits per heavy atom. The van der Waals surface area contributed by atoms with E-state index < -0.39 is 0 Å². The van der Waals surface area contributed by atoms with Gasteiger partial charge in [0, 0.05) is 29.7 Å². The van der Waals surface area contributed by atoms with Gasteiger partial charge in [0.05, 0.1) is 11.0 Å². The van der Waals surface area contributed by atoms with Crippen LogP contribution in [0, 0.1) is 0 Å². The van der Waals surface area contributed by atoms with Crippen molar-refractivity contribution in [3.05, 3.63) is 95.8 Å². The molecule has 4 rings (SSSR count). The van der Waals surface area contributed by atoms with Gasteiger partial charge in [-0.05, 0) is 24.3 Å². The first-order valence-corrected chi connectivity index (χ1v) is 9.12. The molecular weight excluding hydrogens is 350 g/mol. The summed E-state index contributed by atoms with van der Waals surface area (Å²) in [5.74, 6) is 0.591. The number of aryl methyl sites for hydroxylation is 1. The zero-order valence-corrected chi connectivity index (χ0v) is 15.2. The lowest BCUT2D eigenvalue weighted by Crippen LogP contribution is -2.13. The monoisotopic (exact) mass is 369 g/mol. The quantitative estimate of drug-likeness (QED) is 0.496. The third-order valence-electron chi connectivity index (χ3n) is 4.47. The zero-order valence-electron chi connectivity index (χ0n) is 15.2. The van der Waals surface area contributed by atoms with Crippen LogP contribution >= 0.6 is 0 Å². The Kier molecular flexibility index (Phi) is 4.97. The summed E-state index contributed by atoms with van der Waals surface area (Å²) < 4.78 is 0. The molecule has 4 aromatic rings. The number of aromatic amines is 1. The number of amides is 1. The highest BCUT2D eigenvalue weighted by atomic mass is 16.1. The molecule has 1 aromatic heterocycles. The Labute approximate surface area is 162 Å². The van der Waals surface area contributed by atoms with Crippen LogP contribution in [0.15, 0.2) is 78.9 Å². The van der Waals surface area contributed by atoms with E-state index in [1.807, 2.05) is 42.5 Å². The van der Waals surface area contributed by atoms with E-state index in [0.29, 0.717) is 29.7 Å². The Hall–Kier alpha value is -3.73. The number of hydrogen-bond donors (Lipinski definition) is 2. The van der Waals surface area contributed by atoms with Crippen LogP contribution in [0.4, 0.5) is 5.69 Å². The standard InChI is InChI=1S/C23H19N3O2/c27-22(14-13-21-25-19-11-4-5-12-20(19)26-21)24-18-10-6-9-17(15-18)23(28)16-7-2-1-3-8-16/h1-12,15H,13-14H2,(H,24,27)(H,25,26). The maximum absolute atomic E-state index is 12.6. The third kappa shape index (κ3) is 3.99. The van der Waals surface area contributed by atoms with Crippen molar-refractivity contribution in [2.24, 2.45) is 0 Å². The molecule has 138 valence electrons. The summed E-state index contributed by atoms with van der Waals surface area (Å²) in [6.07, 6.45) is 0.819. The Bertz CT molecular complexity index is 1100. The topological polar surface area (TPSA) is 74.8 Å². The first-order valence-electron chi connectivity index (χ1n) is 9.12. The summed E-state index contributed by atoms with van der Waals surface area (Å²) in [5, 5.41) is 2.86. The summed E-state index contributed by atoms with van der Waals surface area (Å²) in [6, 6.07) is 23.9. The summed E-state index contributed by atoms with van der Waals surface area (Å²) in [4.78, 5) is 32.6. The maximum Gasteiger partial charge on any atom is 0.224 e. The Balaban J connectivity index is 1.39. The molecule has 0 saturated carbocycles. The molecular formula is C23H19N3O2. The fourth-order valence-electron chi connectivity index (χ4n) is 3.07. The fourth-order valence-corrected chi connectivity index (χ4v) is 3.07. The number of H-pyrrole nitrogens is 1. The van der Waals surface area contributed by atoms with E-state index in [2.05, 4.69) is 15.3 Å². The second-order valence-corrected chi connectivity index (χ2v) is 6.52. The number of rotatable bonds is 6. The molecule has 0 atom stereocenters. The molecule has 1 heterocycles. The molecule has 5 heteroatoms. The van der Waals surface area contributed by atoms with Gasteiger partial charge in [-0.3, -0.25) is 9.59 Å². The summed E-state index contributed by atoms with van der Waals surface area (Å²) in [5.41, 5.74) is 3.63. The summed E-state index contributed by atoms with van der Waals surface area (Å²) in [7, 11) is 0. The molecule has 0 aliphatic heterocycles. The van der Waals surface area contributed by atoms with Crippen molar-refractivity contribution < 1.29 is 9.59 Å². The van der Waals surface area contributed by atoms with Gasteiger partial charge in [-0.15, -0.1) is 0 Å². The average Bonchev–Trinajstić information content (AvgIpc) is 3.16. The van der Waals surface area contributed by atoms with Crippen molar-refractivity contribution in [3.63, 3.8) is 0 Å². The van der Waals surface area contributed by atoms with E-state index in [9.17, 15) is 9.59 Å². The van der Waals surface area contributed by atoms with Gasteiger partial charge in [0.1, 0.15) is 5.82 Å². The molecule has 0 spiro atoms. The highest BCUT2D eigenvalue weighted by Crippen LogP contribution is 2.16. The molecule has 0 aliphatic carbocycles. The van der Waals surface area contributed by atoms with Gasteiger partial charge < -0.3 is 10.3 Å². The lowest BCUT2D eigenvalue weighted by molar-refractivity contribution is -0.116. The number of hydrogen-bond acceptors (Lipinski definition) is 3. The molecule has 3 aromatic carbocycles. The highest BCUT2D eigenvalue weighted by molar-refractivity contribution is 6.09. The zero-order chi connectivity index (χ0) is 19.3. The van der Waals surface area contributed by atoms with Gasteiger partial charge in [-0.1, -0.05) is 54.6 Å². The van der Waals surface area contributed by atoms with E-state index in [4.69, 9.17) is 0 Å². The van der Waals surface area contributed by atoms with Crippen LogP contribution in [0.3, 0.4) is 0 Å². The van der Waals surface area contributed by atoms with Gasteiger partial charge in [-0.2, -0.15) is 0 Å². The lowest BCUT2D eigenvalue weighted by Gasteiger charge is -2.07. The smallest absolute Gasteiger partial charge is 0.224 e. The van der Waals surface area contributed by atoms with Crippen molar-refractivity contribution in [1.82, 2.24) is 9.97 Å². The molecule has 1 amide bonds. The number of fused-ring (bicyclic) bond motifs is 1. The normalized spacial score (nSPS) is 10.7. The second-order valence-electron chi connectivity index (χ2n) is 6.52. The van der Waals surface area contributed by atoms with Gasteiger partial charge in [0.15, 0.2) is 5.78 Å². The molecule has 2 N–H and O–H groups in total. The maximum atomic E-state index is 12.6. The first-order chi connectivity index (χ1) is 13.7. The summed E-state index contributed by atoms with van der Waals surface area (Å²) >= 11 is 0. The van der Waals surface area contributed by atoms with Crippen molar-refractivity contribution in [3.8, 4) is 0 Å². The number of para-hydroxylation sites is 2. The minimum atomic E-state index is -0.121. The fraction of sp³-hybridized carbons (Fsp3) is 0.0870. The van der Waals surface area contributed by atoms with E-state index in [1.165, 1.54) is 0 Å². The number of imidazole rings is 1. The number of carbonyl (C=O) groups excluding carboxylic acids is 2. The van der Waals surface area contributed by atoms with Crippen molar-refractivity contribution in [1.29, 1.82) is 0 Å². The van der Waals surface area contributed by atoms with Crippen LogP contribution in [0.5, 0.6) is 0 Å². The highest BCUT2D eigenvalue weighted by Gasteiger charge is 2.11. The molecule has 0 aliphatic rings. The molecule has 0 fully saturated rings. The molecule has 28 heavy (non-hydrogen) atoms. The average molecular weight is 369 g/mol. The minimum Gasteiger partial charge on any atom is -0.342 e. The number of nitrogens with one attached hydrogen (secondary N) is 2. The third-order valence-corrected chi connectivity index (χ3v) is 4.47. The van der Waals surface area contributed by atoms with Crippen molar-refractivity contribution in [2.75, 3.05) is 5.32 Å². The summed E-state index contributed by atoms with van der Waals surface area (Å²) in [6.45, 7) is 0. The largest absolute Gasteiger partial charge is 0.342 e.